The van der Waals surface area contributed by atoms with Gasteiger partial charge in [0.1, 0.15) is 0 Å². The molecule has 136 valence electrons. The van der Waals surface area contributed by atoms with Gasteiger partial charge in [-0.15, -0.1) is 0 Å². The highest BCUT2D eigenvalue weighted by atomic mass is 35.5. The van der Waals surface area contributed by atoms with Crippen LogP contribution in [0.2, 0.25) is 5.02 Å². The molecule has 26 heavy (non-hydrogen) atoms. The van der Waals surface area contributed by atoms with Crippen LogP contribution in [-0.4, -0.2) is 18.5 Å². The van der Waals surface area contributed by atoms with E-state index in [1.807, 2.05) is 23.1 Å². The summed E-state index contributed by atoms with van der Waals surface area (Å²) in [5.74, 6) is 0.173. The van der Waals surface area contributed by atoms with Gasteiger partial charge in [-0.25, -0.2) is 4.79 Å². The number of aryl methyl sites for hydroxylation is 1. The number of carbonyl (C=O) groups excluding carboxylic acids is 2. The Kier molecular flexibility index (Phi) is 5.78. The molecule has 1 aliphatic rings. The minimum Gasteiger partial charge on any atom is -0.312 e. The number of amides is 3. The van der Waals surface area contributed by atoms with Gasteiger partial charge in [0.25, 0.3) is 0 Å². The van der Waals surface area contributed by atoms with Gasteiger partial charge in [0.2, 0.25) is 5.91 Å². The molecule has 0 aromatic heterocycles. The zero-order valence-electron chi connectivity index (χ0n) is 14.7. The van der Waals surface area contributed by atoms with E-state index in [9.17, 15) is 9.59 Å². The molecule has 1 heterocycles. The molecular weight excluding hydrogens is 350 g/mol. The number of unbranched alkanes of at least 4 members (excludes halogenated alkanes) is 1. The maximum atomic E-state index is 12.2. The lowest BCUT2D eigenvalue weighted by molar-refractivity contribution is -0.118. The van der Waals surface area contributed by atoms with Crippen molar-refractivity contribution in [3.8, 4) is 0 Å². The van der Waals surface area contributed by atoms with E-state index < -0.39 is 0 Å². The Labute approximate surface area is 158 Å². The number of fused-ring (bicyclic) bond motifs is 1. The lowest BCUT2D eigenvalue weighted by atomic mass is 10.00. The van der Waals surface area contributed by atoms with E-state index in [1.54, 1.807) is 24.3 Å². The van der Waals surface area contributed by atoms with Crippen LogP contribution in [0.1, 0.15) is 31.7 Å². The van der Waals surface area contributed by atoms with Crippen molar-refractivity contribution >= 4 is 40.6 Å². The Bertz CT molecular complexity index is 805. The van der Waals surface area contributed by atoms with Gasteiger partial charge in [0.05, 0.1) is 0 Å². The molecule has 0 saturated heterocycles. The van der Waals surface area contributed by atoms with Gasteiger partial charge in [-0.1, -0.05) is 24.9 Å². The molecule has 1 aliphatic heterocycles. The summed E-state index contributed by atoms with van der Waals surface area (Å²) < 4.78 is 0. The molecule has 2 aromatic carbocycles. The highest BCUT2D eigenvalue weighted by Gasteiger charge is 2.23. The largest absolute Gasteiger partial charge is 0.323 e. The Morgan fingerprint density at radius 1 is 1.08 bits per heavy atom. The van der Waals surface area contributed by atoms with Gasteiger partial charge >= 0.3 is 6.03 Å². The third-order valence-corrected chi connectivity index (χ3v) is 4.63. The third-order valence-electron chi connectivity index (χ3n) is 4.37. The average Bonchev–Trinajstić information content (AvgIpc) is 2.63. The molecule has 0 radical (unpaired) electrons. The Hall–Kier alpha value is -2.53. The van der Waals surface area contributed by atoms with Gasteiger partial charge in [-0.3, -0.25) is 4.79 Å². The molecule has 2 N–H and O–H groups in total. The van der Waals surface area contributed by atoms with Crippen LogP contribution in [-0.2, 0) is 11.2 Å². The second-order valence-corrected chi connectivity index (χ2v) is 6.76. The van der Waals surface area contributed by atoms with E-state index >= 15 is 0 Å². The standard InChI is InChI=1S/C20H22ClN3O2/c1-2-3-12-24-18-10-9-17(13-14(18)4-11-19(24)25)23-20(26)22-16-7-5-15(21)6-8-16/h5-10,13H,2-4,11-12H2,1H3,(H2,22,23,26). The maximum Gasteiger partial charge on any atom is 0.323 e. The number of carbonyl (C=O) groups is 2. The minimum atomic E-state index is -0.318. The molecule has 2 aromatic rings. The first-order valence-electron chi connectivity index (χ1n) is 8.83. The summed E-state index contributed by atoms with van der Waals surface area (Å²) >= 11 is 5.84. The van der Waals surface area contributed by atoms with E-state index in [0.717, 1.165) is 30.6 Å². The van der Waals surface area contributed by atoms with Crippen LogP contribution in [0.25, 0.3) is 0 Å². The monoisotopic (exact) mass is 371 g/mol. The molecule has 0 bridgehead atoms. The fourth-order valence-corrected chi connectivity index (χ4v) is 3.15. The lowest BCUT2D eigenvalue weighted by Crippen LogP contribution is -2.35. The number of nitrogens with zero attached hydrogens (tertiary/aromatic N) is 1. The van der Waals surface area contributed by atoms with Crippen molar-refractivity contribution in [2.24, 2.45) is 0 Å². The van der Waals surface area contributed by atoms with E-state index in [4.69, 9.17) is 11.6 Å². The van der Waals surface area contributed by atoms with Gasteiger partial charge < -0.3 is 15.5 Å². The zero-order valence-corrected chi connectivity index (χ0v) is 15.5. The summed E-state index contributed by atoms with van der Waals surface area (Å²) in [6.45, 7) is 2.85. The summed E-state index contributed by atoms with van der Waals surface area (Å²) in [5.41, 5.74) is 3.42. The van der Waals surface area contributed by atoms with Crippen molar-refractivity contribution in [1.82, 2.24) is 0 Å². The second kappa shape index (κ2) is 8.23. The van der Waals surface area contributed by atoms with Crippen molar-refractivity contribution in [3.05, 3.63) is 53.1 Å². The summed E-state index contributed by atoms with van der Waals surface area (Å²) in [6.07, 6.45) is 3.24. The molecule has 3 rings (SSSR count). The van der Waals surface area contributed by atoms with E-state index in [1.165, 1.54) is 0 Å². The van der Waals surface area contributed by atoms with E-state index in [2.05, 4.69) is 17.6 Å². The zero-order chi connectivity index (χ0) is 18.5. The van der Waals surface area contributed by atoms with Gasteiger partial charge in [0, 0.05) is 35.1 Å². The van der Waals surface area contributed by atoms with Crippen molar-refractivity contribution in [3.63, 3.8) is 0 Å². The molecule has 0 unspecified atom stereocenters. The number of halogens is 1. The maximum absolute atomic E-state index is 12.2. The van der Waals surface area contributed by atoms with Crippen LogP contribution in [0.5, 0.6) is 0 Å². The molecule has 0 aliphatic carbocycles. The van der Waals surface area contributed by atoms with Crippen LogP contribution in [0, 0.1) is 0 Å². The number of benzene rings is 2. The molecule has 0 fully saturated rings. The third kappa shape index (κ3) is 4.35. The summed E-state index contributed by atoms with van der Waals surface area (Å²) in [6, 6.07) is 12.3. The summed E-state index contributed by atoms with van der Waals surface area (Å²) in [7, 11) is 0. The van der Waals surface area contributed by atoms with Crippen molar-refractivity contribution in [2.45, 2.75) is 32.6 Å². The molecule has 0 atom stereocenters. The predicted octanol–water partition coefficient (Wildman–Crippen LogP) is 5.06. The number of hydrogen-bond donors (Lipinski definition) is 2. The van der Waals surface area contributed by atoms with Crippen molar-refractivity contribution < 1.29 is 9.59 Å². The normalized spacial score (nSPS) is 13.3. The smallest absolute Gasteiger partial charge is 0.312 e. The number of nitrogens with one attached hydrogen (secondary N) is 2. The SMILES string of the molecule is CCCCN1C(=O)CCc2cc(NC(=O)Nc3ccc(Cl)cc3)ccc21. The average molecular weight is 372 g/mol. The highest BCUT2D eigenvalue weighted by Crippen LogP contribution is 2.30. The van der Waals surface area contributed by atoms with Crippen molar-refractivity contribution in [1.29, 1.82) is 0 Å². The number of rotatable bonds is 5. The van der Waals surface area contributed by atoms with Crippen LogP contribution in [0.15, 0.2) is 42.5 Å². The van der Waals surface area contributed by atoms with Gasteiger partial charge in [-0.05, 0) is 60.9 Å². The fraction of sp³-hybridized carbons (Fsp3) is 0.300. The first-order chi connectivity index (χ1) is 12.6. The molecule has 5 nitrogen and oxygen atoms in total. The number of anilines is 3. The Balaban J connectivity index is 1.69. The molecule has 0 saturated carbocycles. The molecular formula is C20H22ClN3O2. The summed E-state index contributed by atoms with van der Waals surface area (Å²) in [4.78, 5) is 26.2. The molecule has 3 amide bonds. The summed E-state index contributed by atoms with van der Waals surface area (Å²) in [5, 5.41) is 6.22. The first-order valence-corrected chi connectivity index (χ1v) is 9.21. The van der Waals surface area contributed by atoms with Gasteiger partial charge in [0.15, 0.2) is 0 Å². The van der Waals surface area contributed by atoms with E-state index in [-0.39, 0.29) is 11.9 Å². The fourth-order valence-electron chi connectivity index (χ4n) is 3.03. The van der Waals surface area contributed by atoms with Crippen LogP contribution in [0.3, 0.4) is 0 Å². The van der Waals surface area contributed by atoms with Crippen LogP contribution >= 0.6 is 11.6 Å². The van der Waals surface area contributed by atoms with E-state index in [0.29, 0.717) is 29.2 Å². The number of hydrogen-bond acceptors (Lipinski definition) is 2. The molecule has 0 spiro atoms. The second-order valence-electron chi connectivity index (χ2n) is 6.33. The number of urea groups is 1. The van der Waals surface area contributed by atoms with Crippen LogP contribution in [0.4, 0.5) is 21.9 Å². The topological polar surface area (TPSA) is 61.4 Å². The minimum absolute atomic E-state index is 0.173. The van der Waals surface area contributed by atoms with Crippen LogP contribution < -0.4 is 15.5 Å². The van der Waals surface area contributed by atoms with Crippen molar-refractivity contribution in [2.75, 3.05) is 22.1 Å². The first kappa shape index (κ1) is 18.3. The van der Waals surface area contributed by atoms with Gasteiger partial charge in [-0.2, -0.15) is 0 Å². The predicted molar refractivity (Wildman–Crippen MR) is 106 cm³/mol. The molecule has 6 heteroatoms. The Morgan fingerprint density at radius 2 is 1.77 bits per heavy atom. The quantitative estimate of drug-likeness (QED) is 0.771. The Morgan fingerprint density at radius 3 is 2.50 bits per heavy atom. The highest BCUT2D eigenvalue weighted by molar-refractivity contribution is 6.30. The lowest BCUT2D eigenvalue weighted by Gasteiger charge is -2.29.